The number of hydrogen-bond donors (Lipinski definition) is 2. The molecule has 1 heterocycles. The van der Waals surface area contributed by atoms with Gasteiger partial charge in [0.05, 0.1) is 6.04 Å². The minimum absolute atomic E-state index is 0.255. The minimum atomic E-state index is -0.302. The highest BCUT2D eigenvalue weighted by Crippen LogP contribution is 2.39. The molecule has 2 aromatic rings. The van der Waals surface area contributed by atoms with Gasteiger partial charge >= 0.3 is 0 Å². The molecule has 1 aliphatic heterocycles. The highest BCUT2D eigenvalue weighted by Gasteiger charge is 2.31. The van der Waals surface area contributed by atoms with E-state index in [0.717, 1.165) is 36.1 Å². The molecule has 2 N–H and O–H groups in total. The summed E-state index contributed by atoms with van der Waals surface area (Å²) < 4.78 is 28.4. The molecule has 1 aliphatic carbocycles. The van der Waals surface area contributed by atoms with Crippen LogP contribution in [-0.4, -0.2) is 5.11 Å². The number of allylic oxidation sites excluding steroid dienone is 1. The van der Waals surface area contributed by atoms with E-state index in [0.29, 0.717) is 16.2 Å². The fourth-order valence-corrected chi connectivity index (χ4v) is 3.86. The molecule has 132 valence electrons. The summed E-state index contributed by atoms with van der Waals surface area (Å²) in [5.74, 6) is -0.512. The van der Waals surface area contributed by atoms with Crippen molar-refractivity contribution in [2.45, 2.75) is 25.3 Å². The number of thiocarbonyl (C=S) groups is 1. The van der Waals surface area contributed by atoms with Crippen molar-refractivity contribution in [1.29, 1.82) is 0 Å². The van der Waals surface area contributed by atoms with Crippen molar-refractivity contribution in [3.8, 4) is 0 Å². The molecule has 26 heavy (non-hydrogen) atoms. The molecule has 0 spiro atoms. The van der Waals surface area contributed by atoms with Gasteiger partial charge in [0.25, 0.3) is 0 Å². The van der Waals surface area contributed by atoms with Crippen LogP contribution in [0.1, 0.15) is 36.4 Å². The van der Waals surface area contributed by atoms with E-state index in [4.69, 9.17) is 12.2 Å². The Hall–Kier alpha value is -2.53. The molecular weight excluding hydrogens is 350 g/mol. The SMILES string of the molecule is Fc1ccccc1/C=C1\CCCC2=C1NC(=S)N[C@H]2c1ccccc1F. The van der Waals surface area contributed by atoms with Crippen molar-refractivity contribution in [2.75, 3.05) is 0 Å². The average molecular weight is 368 g/mol. The number of hydrogen-bond acceptors (Lipinski definition) is 1. The summed E-state index contributed by atoms with van der Waals surface area (Å²) in [6.07, 6.45) is 4.46. The van der Waals surface area contributed by atoms with Crippen molar-refractivity contribution in [3.05, 3.63) is 88.1 Å². The van der Waals surface area contributed by atoms with Crippen molar-refractivity contribution >= 4 is 23.4 Å². The van der Waals surface area contributed by atoms with Gasteiger partial charge in [-0.1, -0.05) is 36.4 Å². The molecule has 0 radical (unpaired) electrons. The van der Waals surface area contributed by atoms with E-state index < -0.39 is 0 Å². The van der Waals surface area contributed by atoms with Crippen LogP contribution in [0.5, 0.6) is 0 Å². The molecule has 4 rings (SSSR count). The van der Waals surface area contributed by atoms with Crippen molar-refractivity contribution < 1.29 is 8.78 Å². The maximum Gasteiger partial charge on any atom is 0.171 e. The van der Waals surface area contributed by atoms with Crippen LogP contribution in [0.2, 0.25) is 0 Å². The van der Waals surface area contributed by atoms with Crippen LogP contribution >= 0.6 is 12.2 Å². The third-order valence-electron chi connectivity index (χ3n) is 4.85. The third-order valence-corrected chi connectivity index (χ3v) is 5.07. The normalized spacial score (nSPS) is 21.2. The molecule has 2 aromatic carbocycles. The summed E-state index contributed by atoms with van der Waals surface area (Å²) in [5.41, 5.74) is 4.09. The number of halogens is 2. The predicted molar refractivity (Wildman–Crippen MR) is 103 cm³/mol. The van der Waals surface area contributed by atoms with E-state index >= 15 is 0 Å². The molecule has 0 bridgehead atoms. The van der Waals surface area contributed by atoms with Gasteiger partial charge in [-0.2, -0.15) is 0 Å². The molecule has 0 amide bonds. The van der Waals surface area contributed by atoms with Crippen LogP contribution in [0.4, 0.5) is 8.78 Å². The minimum Gasteiger partial charge on any atom is -0.352 e. The Morgan fingerprint density at radius 3 is 2.46 bits per heavy atom. The lowest BCUT2D eigenvalue weighted by Gasteiger charge is -2.36. The Kier molecular flexibility index (Phi) is 4.55. The highest BCUT2D eigenvalue weighted by atomic mass is 32.1. The second-order valence-corrected chi connectivity index (χ2v) is 6.91. The summed E-state index contributed by atoms with van der Waals surface area (Å²) >= 11 is 5.36. The van der Waals surface area contributed by atoms with Gasteiger partial charge < -0.3 is 10.6 Å². The van der Waals surface area contributed by atoms with Crippen molar-refractivity contribution in [2.24, 2.45) is 0 Å². The number of nitrogens with one attached hydrogen (secondary N) is 2. The fourth-order valence-electron chi connectivity index (χ4n) is 3.64. The first kappa shape index (κ1) is 16.9. The molecule has 2 nitrogen and oxygen atoms in total. The van der Waals surface area contributed by atoms with Crippen LogP contribution < -0.4 is 10.6 Å². The first-order valence-electron chi connectivity index (χ1n) is 8.64. The zero-order valence-electron chi connectivity index (χ0n) is 14.1. The quantitative estimate of drug-likeness (QED) is 0.729. The van der Waals surface area contributed by atoms with E-state index in [-0.39, 0.29) is 17.7 Å². The summed E-state index contributed by atoms with van der Waals surface area (Å²) in [5, 5.41) is 6.86. The molecule has 2 aliphatic rings. The van der Waals surface area contributed by atoms with E-state index in [1.807, 2.05) is 18.2 Å². The lowest BCUT2D eigenvalue weighted by atomic mass is 9.83. The topological polar surface area (TPSA) is 24.1 Å². The summed E-state index contributed by atoms with van der Waals surface area (Å²) in [7, 11) is 0. The van der Waals surface area contributed by atoms with Gasteiger partial charge in [-0.05, 0) is 60.8 Å². The Morgan fingerprint density at radius 1 is 0.962 bits per heavy atom. The molecule has 5 heteroatoms. The third kappa shape index (κ3) is 3.15. The van der Waals surface area contributed by atoms with Gasteiger partial charge in [-0.25, -0.2) is 8.78 Å². The van der Waals surface area contributed by atoms with E-state index in [9.17, 15) is 8.78 Å². The zero-order valence-corrected chi connectivity index (χ0v) is 14.9. The maximum absolute atomic E-state index is 14.4. The van der Waals surface area contributed by atoms with Crippen molar-refractivity contribution in [3.63, 3.8) is 0 Å². The fraction of sp³-hybridized carbons (Fsp3) is 0.190. The number of benzene rings is 2. The summed E-state index contributed by atoms with van der Waals surface area (Å²) in [6.45, 7) is 0. The van der Waals surface area contributed by atoms with Crippen LogP contribution in [0, 0.1) is 11.6 Å². The van der Waals surface area contributed by atoms with Gasteiger partial charge in [0.15, 0.2) is 5.11 Å². The van der Waals surface area contributed by atoms with Gasteiger partial charge in [0.1, 0.15) is 11.6 Å². The number of rotatable bonds is 2. The van der Waals surface area contributed by atoms with E-state index in [2.05, 4.69) is 10.6 Å². The highest BCUT2D eigenvalue weighted by molar-refractivity contribution is 7.80. The van der Waals surface area contributed by atoms with E-state index in [1.165, 1.54) is 12.1 Å². The largest absolute Gasteiger partial charge is 0.352 e. The van der Waals surface area contributed by atoms with Gasteiger partial charge in [0.2, 0.25) is 0 Å². The summed E-state index contributed by atoms with van der Waals surface area (Å²) in [4.78, 5) is 0. The molecule has 0 saturated heterocycles. The molecule has 0 aromatic heterocycles. The molecular formula is C21H18F2N2S. The summed E-state index contributed by atoms with van der Waals surface area (Å²) in [6, 6.07) is 13.1. The second-order valence-electron chi connectivity index (χ2n) is 6.50. The van der Waals surface area contributed by atoms with Crippen LogP contribution in [-0.2, 0) is 0 Å². The van der Waals surface area contributed by atoms with Gasteiger partial charge in [-0.15, -0.1) is 0 Å². The standard InChI is InChI=1S/C21H18F2N2S/c22-17-10-3-1-6-13(17)12-14-7-5-9-16-19(14)24-21(26)25-20(16)15-8-2-4-11-18(15)23/h1-4,6,8,10-12,20H,5,7,9H2,(H2,24,25,26)/b14-12+/t20-/m0/s1. The Morgan fingerprint density at radius 2 is 1.69 bits per heavy atom. The predicted octanol–water partition coefficient (Wildman–Crippen LogP) is 5.01. The van der Waals surface area contributed by atoms with Gasteiger partial charge in [0, 0.05) is 16.8 Å². The molecule has 1 atom stereocenters. The second kappa shape index (κ2) is 7.00. The first-order chi connectivity index (χ1) is 12.6. The van der Waals surface area contributed by atoms with Gasteiger partial charge in [-0.3, -0.25) is 0 Å². The maximum atomic E-state index is 14.4. The molecule has 0 unspecified atom stereocenters. The lowest BCUT2D eigenvalue weighted by Crippen LogP contribution is -2.45. The smallest absolute Gasteiger partial charge is 0.171 e. The Labute approximate surface area is 156 Å². The Bertz CT molecular complexity index is 933. The average Bonchev–Trinajstić information content (AvgIpc) is 2.64. The molecule has 0 saturated carbocycles. The molecule has 0 fully saturated rings. The van der Waals surface area contributed by atoms with Crippen LogP contribution in [0.25, 0.3) is 6.08 Å². The van der Waals surface area contributed by atoms with E-state index in [1.54, 1.807) is 24.3 Å². The van der Waals surface area contributed by atoms with Crippen molar-refractivity contribution in [1.82, 2.24) is 10.6 Å². The van der Waals surface area contributed by atoms with Crippen LogP contribution in [0.15, 0.2) is 65.4 Å². The first-order valence-corrected chi connectivity index (χ1v) is 9.05. The Balaban J connectivity index is 1.81. The monoisotopic (exact) mass is 368 g/mol. The van der Waals surface area contributed by atoms with Crippen LogP contribution in [0.3, 0.4) is 0 Å². The lowest BCUT2D eigenvalue weighted by molar-refractivity contribution is 0.556. The zero-order chi connectivity index (χ0) is 18.1.